The molecule has 0 aromatic heterocycles. The highest BCUT2D eigenvalue weighted by Crippen LogP contribution is 2.15. The van der Waals surface area contributed by atoms with Crippen molar-refractivity contribution in [2.45, 2.75) is 13.8 Å². The lowest BCUT2D eigenvalue weighted by Gasteiger charge is -2.13. The third-order valence-corrected chi connectivity index (χ3v) is 2.24. The molecule has 4 nitrogen and oxygen atoms in total. The summed E-state index contributed by atoms with van der Waals surface area (Å²) < 4.78 is 0. The maximum Gasteiger partial charge on any atom is 0.189 e. The third kappa shape index (κ3) is 4.00. The quantitative estimate of drug-likeness (QED) is 0.448. The molecule has 1 aromatic carbocycles. The lowest BCUT2D eigenvalue weighted by Crippen LogP contribution is -2.46. The lowest BCUT2D eigenvalue weighted by atomic mass is 10.1. The third-order valence-electron chi connectivity index (χ3n) is 1.93. The first kappa shape index (κ1) is 12.7. The zero-order valence-corrected chi connectivity index (χ0v) is 10.8. The molecule has 0 amide bonds. The molecule has 1 aromatic rings. The molecule has 0 atom stereocenters. The Morgan fingerprint density at radius 3 is 2.44 bits per heavy atom. The van der Waals surface area contributed by atoms with Crippen molar-refractivity contribution in [2.75, 3.05) is 5.32 Å². The molecule has 0 spiro atoms. The molecule has 0 unspecified atom stereocenters. The number of hydrogen-bond donors (Lipinski definition) is 4. The van der Waals surface area contributed by atoms with Gasteiger partial charge in [0.1, 0.15) is 0 Å². The van der Waals surface area contributed by atoms with Crippen molar-refractivity contribution in [1.82, 2.24) is 10.9 Å². The molecule has 0 heterocycles. The summed E-state index contributed by atoms with van der Waals surface area (Å²) in [4.78, 5) is 0. The van der Waals surface area contributed by atoms with Gasteiger partial charge in [0.25, 0.3) is 0 Å². The molecule has 0 bridgehead atoms. The van der Waals surface area contributed by atoms with Crippen LogP contribution in [0.3, 0.4) is 0 Å². The second-order valence-corrected chi connectivity index (χ2v) is 4.23. The highest BCUT2D eigenvalue weighted by molar-refractivity contribution is 7.80. The number of rotatable bonds is 1. The minimum atomic E-state index is 0.143. The number of nitrogens with one attached hydrogen (secondary N) is 3. The van der Waals surface area contributed by atoms with E-state index < -0.39 is 0 Å². The van der Waals surface area contributed by atoms with Gasteiger partial charge in [0.15, 0.2) is 10.2 Å². The van der Waals surface area contributed by atoms with Crippen LogP contribution in [0.4, 0.5) is 5.69 Å². The summed E-state index contributed by atoms with van der Waals surface area (Å²) in [5.74, 6) is 0. The van der Waals surface area contributed by atoms with Crippen molar-refractivity contribution < 1.29 is 0 Å². The van der Waals surface area contributed by atoms with Crippen molar-refractivity contribution in [3.8, 4) is 0 Å². The molecular weight excluding hydrogens is 240 g/mol. The second-order valence-electron chi connectivity index (χ2n) is 3.39. The van der Waals surface area contributed by atoms with E-state index in [0.29, 0.717) is 5.11 Å². The Hall–Kier alpha value is -1.40. The fraction of sp³-hybridized carbons (Fsp3) is 0.200. The van der Waals surface area contributed by atoms with E-state index >= 15 is 0 Å². The number of thiocarbonyl (C=S) groups is 2. The van der Waals surface area contributed by atoms with E-state index in [0.717, 1.165) is 11.3 Å². The summed E-state index contributed by atoms with van der Waals surface area (Å²) in [5.41, 5.74) is 13.8. The van der Waals surface area contributed by atoms with E-state index in [1.165, 1.54) is 5.56 Å². The van der Waals surface area contributed by atoms with Crippen LogP contribution >= 0.6 is 24.4 Å². The van der Waals surface area contributed by atoms with Gasteiger partial charge in [-0.2, -0.15) is 0 Å². The van der Waals surface area contributed by atoms with Gasteiger partial charge in [0.05, 0.1) is 0 Å². The van der Waals surface area contributed by atoms with Crippen LogP contribution in [0.25, 0.3) is 0 Å². The first-order valence-corrected chi connectivity index (χ1v) is 5.50. The molecule has 0 aliphatic carbocycles. The number of anilines is 1. The first-order chi connectivity index (χ1) is 7.49. The largest absolute Gasteiger partial charge is 0.375 e. The molecule has 0 saturated heterocycles. The molecule has 6 heteroatoms. The molecule has 1 rings (SSSR count). The number of hydrogen-bond acceptors (Lipinski definition) is 2. The van der Waals surface area contributed by atoms with E-state index in [9.17, 15) is 0 Å². The van der Waals surface area contributed by atoms with Crippen LogP contribution in [0.2, 0.25) is 0 Å². The highest BCUT2D eigenvalue weighted by Gasteiger charge is 2.00. The van der Waals surface area contributed by atoms with Crippen LogP contribution in [0.5, 0.6) is 0 Å². The Kier molecular flexibility index (Phi) is 4.45. The topological polar surface area (TPSA) is 62.1 Å². The van der Waals surface area contributed by atoms with Crippen molar-refractivity contribution in [1.29, 1.82) is 0 Å². The van der Waals surface area contributed by atoms with E-state index in [-0.39, 0.29) is 5.11 Å². The van der Waals surface area contributed by atoms with Gasteiger partial charge in [0.2, 0.25) is 0 Å². The van der Waals surface area contributed by atoms with Gasteiger partial charge in [-0.1, -0.05) is 17.7 Å². The van der Waals surface area contributed by atoms with E-state index in [1.807, 2.05) is 26.0 Å². The summed E-state index contributed by atoms with van der Waals surface area (Å²) in [6, 6.07) is 6.06. The lowest BCUT2D eigenvalue weighted by molar-refractivity contribution is 0.879. The average molecular weight is 254 g/mol. The van der Waals surface area contributed by atoms with Crippen LogP contribution in [-0.2, 0) is 0 Å². The summed E-state index contributed by atoms with van der Waals surface area (Å²) >= 11 is 9.69. The van der Waals surface area contributed by atoms with Gasteiger partial charge in [0, 0.05) is 5.69 Å². The Morgan fingerprint density at radius 2 is 1.88 bits per heavy atom. The first-order valence-electron chi connectivity index (χ1n) is 4.68. The Labute approximate surface area is 106 Å². The van der Waals surface area contributed by atoms with E-state index in [2.05, 4.69) is 34.5 Å². The maximum atomic E-state index is 5.25. The number of nitrogens with two attached hydrogens (primary N) is 1. The van der Waals surface area contributed by atoms with Crippen molar-refractivity contribution in [3.05, 3.63) is 29.3 Å². The number of hydrazine groups is 1. The van der Waals surface area contributed by atoms with Crippen LogP contribution < -0.4 is 21.9 Å². The number of benzene rings is 1. The minimum absolute atomic E-state index is 0.143. The normalized spacial score (nSPS) is 9.38. The molecule has 0 aliphatic heterocycles. The Balaban J connectivity index is 2.59. The SMILES string of the molecule is Cc1ccc(NC(=S)NNC(N)=S)c(C)c1. The monoisotopic (exact) mass is 254 g/mol. The van der Waals surface area contributed by atoms with E-state index in [4.69, 9.17) is 18.0 Å². The highest BCUT2D eigenvalue weighted by atomic mass is 32.1. The predicted octanol–water partition coefficient (Wildman–Crippen LogP) is 1.34. The molecule has 5 N–H and O–H groups in total. The molecule has 0 fully saturated rings. The van der Waals surface area contributed by atoms with Gasteiger partial charge in [-0.05, 0) is 49.9 Å². The summed E-state index contributed by atoms with van der Waals surface area (Å²) in [6.45, 7) is 4.06. The Morgan fingerprint density at radius 1 is 1.19 bits per heavy atom. The van der Waals surface area contributed by atoms with Gasteiger partial charge in [-0.3, -0.25) is 10.9 Å². The second kappa shape index (κ2) is 5.62. The molecule has 0 radical (unpaired) electrons. The minimum Gasteiger partial charge on any atom is -0.375 e. The number of aryl methyl sites for hydroxylation is 2. The van der Waals surface area contributed by atoms with Crippen molar-refractivity contribution >= 4 is 40.3 Å². The average Bonchev–Trinajstić information content (AvgIpc) is 2.19. The van der Waals surface area contributed by atoms with Crippen LogP contribution in [-0.4, -0.2) is 10.2 Å². The standard InChI is InChI=1S/C10H14N4S2/c1-6-3-4-8(7(2)5-6)12-10(16)14-13-9(11)15/h3-5H,1-2H3,(H3,11,13,15)(H2,12,14,16). The van der Waals surface area contributed by atoms with Crippen molar-refractivity contribution in [2.24, 2.45) is 5.73 Å². The van der Waals surface area contributed by atoms with Gasteiger partial charge >= 0.3 is 0 Å². The van der Waals surface area contributed by atoms with Gasteiger partial charge in [-0.15, -0.1) is 0 Å². The molecule has 0 saturated carbocycles. The predicted molar refractivity (Wildman–Crippen MR) is 75.2 cm³/mol. The molecular formula is C10H14N4S2. The van der Waals surface area contributed by atoms with E-state index in [1.54, 1.807) is 0 Å². The van der Waals surface area contributed by atoms with Crippen LogP contribution in [0.15, 0.2) is 18.2 Å². The van der Waals surface area contributed by atoms with Gasteiger partial charge < -0.3 is 11.1 Å². The summed E-state index contributed by atoms with van der Waals surface area (Å²) in [5, 5.41) is 3.60. The fourth-order valence-corrected chi connectivity index (χ4v) is 1.44. The van der Waals surface area contributed by atoms with Crippen LogP contribution in [0, 0.1) is 13.8 Å². The van der Waals surface area contributed by atoms with Crippen LogP contribution in [0.1, 0.15) is 11.1 Å². The smallest absolute Gasteiger partial charge is 0.189 e. The summed E-state index contributed by atoms with van der Waals surface area (Å²) in [6.07, 6.45) is 0. The van der Waals surface area contributed by atoms with Crippen molar-refractivity contribution in [3.63, 3.8) is 0 Å². The fourth-order valence-electron chi connectivity index (χ4n) is 1.23. The summed E-state index contributed by atoms with van der Waals surface area (Å²) in [7, 11) is 0. The zero-order chi connectivity index (χ0) is 12.1. The van der Waals surface area contributed by atoms with Gasteiger partial charge in [-0.25, -0.2) is 0 Å². The Bertz CT molecular complexity index is 417. The molecule has 86 valence electrons. The zero-order valence-electron chi connectivity index (χ0n) is 9.13. The molecule has 0 aliphatic rings. The maximum absolute atomic E-state index is 5.25. The molecule has 16 heavy (non-hydrogen) atoms.